The maximum atomic E-state index is 12.9. The number of carbonyl (C=O) groups excluding carboxylic acids is 3. The largest absolute Gasteiger partial charge is 0.294 e. The van der Waals surface area contributed by atoms with Crippen LogP contribution in [-0.2, 0) is 17.6 Å². The first-order valence-corrected chi connectivity index (χ1v) is 9.73. The van der Waals surface area contributed by atoms with Crippen LogP contribution in [0, 0.1) is 11.7 Å². The number of ketones is 1. The zero-order chi connectivity index (χ0) is 19.4. The summed E-state index contributed by atoms with van der Waals surface area (Å²) < 4.78 is 12.9. The second-order valence-corrected chi connectivity index (χ2v) is 7.98. The highest BCUT2D eigenvalue weighted by molar-refractivity contribution is 7.14. The number of benzene rings is 1. The number of hydrazine groups is 1. The summed E-state index contributed by atoms with van der Waals surface area (Å²) >= 11 is 1.47. The molecule has 0 unspecified atom stereocenters. The molecule has 27 heavy (non-hydrogen) atoms. The Labute approximate surface area is 160 Å². The molecule has 0 aliphatic heterocycles. The van der Waals surface area contributed by atoms with E-state index in [2.05, 4.69) is 17.8 Å². The summed E-state index contributed by atoms with van der Waals surface area (Å²) in [4.78, 5) is 37.9. The Morgan fingerprint density at radius 1 is 1.15 bits per heavy atom. The second kappa shape index (κ2) is 8.43. The van der Waals surface area contributed by atoms with Crippen molar-refractivity contribution in [2.24, 2.45) is 5.92 Å². The molecule has 1 atom stereocenters. The number of aryl methyl sites for hydroxylation is 1. The highest BCUT2D eigenvalue weighted by atomic mass is 32.1. The van der Waals surface area contributed by atoms with Gasteiger partial charge in [-0.25, -0.2) is 4.39 Å². The first-order valence-electron chi connectivity index (χ1n) is 8.92. The Kier molecular flexibility index (Phi) is 6.01. The van der Waals surface area contributed by atoms with Crippen molar-refractivity contribution in [1.82, 2.24) is 10.9 Å². The van der Waals surface area contributed by atoms with Crippen LogP contribution < -0.4 is 10.9 Å². The summed E-state index contributed by atoms with van der Waals surface area (Å²) in [6.45, 7) is 2.20. The van der Waals surface area contributed by atoms with Gasteiger partial charge in [0.1, 0.15) is 5.82 Å². The summed E-state index contributed by atoms with van der Waals surface area (Å²) in [5.41, 5.74) is 6.32. The van der Waals surface area contributed by atoms with E-state index < -0.39 is 11.7 Å². The van der Waals surface area contributed by atoms with E-state index in [-0.39, 0.29) is 24.5 Å². The van der Waals surface area contributed by atoms with Crippen molar-refractivity contribution in [3.05, 3.63) is 57.0 Å². The fraction of sp³-hybridized carbons (Fsp3) is 0.350. The third-order valence-corrected chi connectivity index (χ3v) is 5.85. The molecule has 0 bridgehead atoms. The minimum Gasteiger partial charge on any atom is -0.294 e. The standard InChI is InChI=1S/C20H21FN2O3S/c1-12-2-8-17-14(10-12)11-18(27-17)20(26)23-22-19(25)9-7-16(24)13-3-5-15(21)6-4-13/h3-6,11-12H,2,7-10H2,1H3,(H,22,25)(H,23,26)/t12-/m0/s1. The number of halogens is 1. The van der Waals surface area contributed by atoms with Crippen LogP contribution in [0.3, 0.4) is 0 Å². The number of nitrogens with one attached hydrogen (secondary N) is 2. The van der Waals surface area contributed by atoms with Crippen molar-refractivity contribution in [2.45, 2.75) is 39.0 Å². The van der Waals surface area contributed by atoms with Gasteiger partial charge in [0.2, 0.25) is 5.91 Å². The van der Waals surface area contributed by atoms with Crippen molar-refractivity contribution >= 4 is 28.9 Å². The fourth-order valence-electron chi connectivity index (χ4n) is 3.08. The van der Waals surface area contributed by atoms with E-state index >= 15 is 0 Å². The molecule has 2 N–H and O–H groups in total. The van der Waals surface area contributed by atoms with Crippen LogP contribution in [0.4, 0.5) is 4.39 Å². The van der Waals surface area contributed by atoms with Gasteiger partial charge >= 0.3 is 0 Å². The SMILES string of the molecule is C[C@H]1CCc2sc(C(=O)NNC(=O)CCC(=O)c3ccc(F)cc3)cc2C1. The Morgan fingerprint density at radius 3 is 2.63 bits per heavy atom. The van der Waals surface area contributed by atoms with E-state index in [9.17, 15) is 18.8 Å². The Morgan fingerprint density at radius 2 is 1.89 bits per heavy atom. The number of hydrogen-bond acceptors (Lipinski definition) is 4. The lowest BCUT2D eigenvalue weighted by Crippen LogP contribution is -2.41. The van der Waals surface area contributed by atoms with E-state index in [1.165, 1.54) is 46.0 Å². The lowest BCUT2D eigenvalue weighted by Gasteiger charge is -2.16. The first kappa shape index (κ1) is 19.2. The number of Topliss-reactive ketones (excluding diaryl/α,β-unsaturated/α-hetero) is 1. The van der Waals surface area contributed by atoms with Crippen molar-refractivity contribution in [1.29, 1.82) is 0 Å². The highest BCUT2D eigenvalue weighted by Gasteiger charge is 2.21. The van der Waals surface area contributed by atoms with Crippen LogP contribution in [0.5, 0.6) is 0 Å². The maximum Gasteiger partial charge on any atom is 0.279 e. The van der Waals surface area contributed by atoms with Gasteiger partial charge in [-0.3, -0.25) is 25.2 Å². The molecule has 1 aliphatic carbocycles. The summed E-state index contributed by atoms with van der Waals surface area (Å²) in [6.07, 6.45) is 3.03. The normalized spacial score (nSPS) is 15.7. The lowest BCUT2D eigenvalue weighted by atomic mass is 9.90. The predicted octanol–water partition coefficient (Wildman–Crippen LogP) is 3.44. The molecule has 0 fully saturated rings. The monoisotopic (exact) mass is 388 g/mol. The molecular formula is C20H21FN2O3S. The molecule has 1 aliphatic rings. The number of amides is 2. The lowest BCUT2D eigenvalue weighted by molar-refractivity contribution is -0.121. The van der Waals surface area contributed by atoms with E-state index in [0.717, 1.165) is 19.3 Å². The highest BCUT2D eigenvalue weighted by Crippen LogP contribution is 2.32. The molecular weight excluding hydrogens is 367 g/mol. The average Bonchev–Trinajstić information content (AvgIpc) is 3.08. The zero-order valence-electron chi connectivity index (χ0n) is 15.0. The third-order valence-electron chi connectivity index (χ3n) is 4.61. The quantitative estimate of drug-likeness (QED) is 0.609. The first-order chi connectivity index (χ1) is 12.9. The van der Waals surface area contributed by atoms with Crippen molar-refractivity contribution in [2.75, 3.05) is 0 Å². The molecule has 0 saturated carbocycles. The topological polar surface area (TPSA) is 75.3 Å². The number of fused-ring (bicyclic) bond motifs is 1. The van der Waals surface area contributed by atoms with Crippen LogP contribution in [0.15, 0.2) is 30.3 Å². The Hall–Kier alpha value is -2.54. The number of carbonyl (C=O) groups is 3. The van der Waals surface area contributed by atoms with Gasteiger partial charge < -0.3 is 0 Å². The average molecular weight is 388 g/mol. The minimum absolute atomic E-state index is 0.0154. The smallest absolute Gasteiger partial charge is 0.279 e. The van der Waals surface area contributed by atoms with Crippen LogP contribution in [0.25, 0.3) is 0 Å². The molecule has 2 aromatic rings. The summed E-state index contributed by atoms with van der Waals surface area (Å²) in [5, 5.41) is 0. The molecule has 5 nitrogen and oxygen atoms in total. The molecule has 1 aromatic carbocycles. The van der Waals surface area contributed by atoms with Gasteiger partial charge in [0.15, 0.2) is 5.78 Å². The molecule has 0 saturated heterocycles. The Bertz CT molecular complexity index is 861. The van der Waals surface area contributed by atoms with Gasteiger partial charge in [0.25, 0.3) is 5.91 Å². The molecule has 1 aromatic heterocycles. The predicted molar refractivity (Wildman–Crippen MR) is 101 cm³/mol. The van der Waals surface area contributed by atoms with Crippen molar-refractivity contribution in [3.8, 4) is 0 Å². The third kappa shape index (κ3) is 5.01. The van der Waals surface area contributed by atoms with E-state index in [4.69, 9.17) is 0 Å². The van der Waals surface area contributed by atoms with Gasteiger partial charge in [-0.15, -0.1) is 11.3 Å². The van der Waals surface area contributed by atoms with Crippen LogP contribution in [0.2, 0.25) is 0 Å². The molecule has 7 heteroatoms. The van der Waals surface area contributed by atoms with Crippen molar-refractivity contribution in [3.63, 3.8) is 0 Å². The molecule has 3 rings (SSSR count). The number of thiophene rings is 1. The zero-order valence-corrected chi connectivity index (χ0v) is 15.8. The summed E-state index contributed by atoms with van der Waals surface area (Å²) in [5.74, 6) is -0.844. The minimum atomic E-state index is -0.450. The number of rotatable bonds is 5. The molecule has 0 spiro atoms. The van der Waals surface area contributed by atoms with Crippen molar-refractivity contribution < 1.29 is 18.8 Å². The van der Waals surface area contributed by atoms with Gasteiger partial charge in [0, 0.05) is 23.3 Å². The molecule has 0 radical (unpaired) electrons. The van der Waals surface area contributed by atoms with Crippen LogP contribution in [0.1, 0.15) is 56.7 Å². The summed E-state index contributed by atoms with van der Waals surface area (Å²) in [6, 6.07) is 7.08. The Balaban J connectivity index is 1.45. The van der Waals surface area contributed by atoms with Gasteiger partial charge in [-0.05, 0) is 61.1 Å². The van der Waals surface area contributed by atoms with Crippen LogP contribution >= 0.6 is 11.3 Å². The maximum absolute atomic E-state index is 12.9. The van der Waals surface area contributed by atoms with E-state index in [1.807, 2.05) is 6.07 Å². The molecule has 2 amide bonds. The van der Waals surface area contributed by atoms with E-state index in [1.54, 1.807) is 0 Å². The molecule has 1 heterocycles. The second-order valence-electron chi connectivity index (χ2n) is 6.84. The fourth-order valence-corrected chi connectivity index (χ4v) is 4.18. The summed E-state index contributed by atoms with van der Waals surface area (Å²) in [7, 11) is 0. The van der Waals surface area contributed by atoms with Crippen LogP contribution in [-0.4, -0.2) is 17.6 Å². The van der Waals surface area contributed by atoms with Gasteiger partial charge in [0.05, 0.1) is 4.88 Å². The number of hydrogen-bond donors (Lipinski definition) is 2. The van der Waals surface area contributed by atoms with Gasteiger partial charge in [-0.1, -0.05) is 6.92 Å². The van der Waals surface area contributed by atoms with E-state index in [0.29, 0.717) is 16.4 Å². The molecule has 142 valence electrons. The van der Waals surface area contributed by atoms with Gasteiger partial charge in [-0.2, -0.15) is 0 Å².